The van der Waals surface area contributed by atoms with Crippen LogP contribution in [0.1, 0.15) is 65.9 Å². The summed E-state index contributed by atoms with van der Waals surface area (Å²) in [4.78, 5) is 42.4. The highest BCUT2D eigenvalue weighted by Gasteiger charge is 2.22. The van der Waals surface area contributed by atoms with Crippen molar-refractivity contribution in [3.8, 4) is 0 Å². The second-order valence-electron chi connectivity index (χ2n) is 7.19. The van der Waals surface area contributed by atoms with Gasteiger partial charge >= 0.3 is 0 Å². The van der Waals surface area contributed by atoms with E-state index in [2.05, 4.69) is 49.2 Å². The van der Waals surface area contributed by atoms with Crippen molar-refractivity contribution in [2.45, 2.75) is 39.2 Å². The number of hydrogen-bond donors (Lipinski definition) is 3. The second kappa shape index (κ2) is 12.3. The summed E-state index contributed by atoms with van der Waals surface area (Å²) >= 11 is 0. The van der Waals surface area contributed by atoms with Gasteiger partial charge in [0, 0.05) is 26.9 Å². The Morgan fingerprint density at radius 3 is 2.70 bits per heavy atom. The predicted octanol–water partition coefficient (Wildman–Crippen LogP) is 2.39. The molecule has 0 aliphatic carbocycles. The maximum Gasteiger partial charge on any atom is 0.278 e. The minimum atomic E-state index is -0.944. The highest BCUT2D eigenvalue weighted by molar-refractivity contribution is 6.36. The Morgan fingerprint density at radius 2 is 2.06 bits per heavy atom. The molecular formula is C22H30N8O3. The van der Waals surface area contributed by atoms with Gasteiger partial charge in [-0.15, -0.1) is 0 Å². The Labute approximate surface area is 192 Å². The fourth-order valence-corrected chi connectivity index (χ4v) is 2.79. The van der Waals surface area contributed by atoms with Crippen LogP contribution in [0.3, 0.4) is 0 Å². The smallest absolute Gasteiger partial charge is 0.278 e. The third kappa shape index (κ3) is 6.88. The van der Waals surface area contributed by atoms with Gasteiger partial charge in [-0.05, 0) is 19.4 Å². The molecule has 0 aromatic carbocycles. The minimum absolute atomic E-state index is 0.0252. The first kappa shape index (κ1) is 25.5. The van der Waals surface area contributed by atoms with Crippen LogP contribution in [0.4, 0.5) is 11.5 Å². The minimum Gasteiger partial charge on any atom is -0.387 e. The summed E-state index contributed by atoms with van der Waals surface area (Å²) in [5.74, 6) is -1.05. The van der Waals surface area contributed by atoms with Gasteiger partial charge in [0.15, 0.2) is 11.5 Å². The predicted molar refractivity (Wildman–Crippen MR) is 127 cm³/mol. The molecule has 0 bridgehead atoms. The van der Waals surface area contributed by atoms with Gasteiger partial charge in [-0.2, -0.15) is 5.10 Å². The first-order valence-corrected chi connectivity index (χ1v) is 10.6. The molecule has 2 amide bonds. The number of aliphatic hydroxyl groups excluding tert-OH is 1. The van der Waals surface area contributed by atoms with E-state index in [0.29, 0.717) is 12.3 Å². The first-order chi connectivity index (χ1) is 15.8. The normalized spacial score (nSPS) is 12.6. The summed E-state index contributed by atoms with van der Waals surface area (Å²) in [6.07, 6.45) is 7.98. The number of allylic oxidation sites excluding steroid dienone is 1. The Morgan fingerprint density at radius 1 is 1.30 bits per heavy atom. The van der Waals surface area contributed by atoms with Crippen molar-refractivity contribution in [1.82, 2.24) is 25.1 Å². The Balaban J connectivity index is 2.41. The number of aliphatic hydroxyl groups is 1. The molecule has 0 saturated carbocycles. The summed E-state index contributed by atoms with van der Waals surface area (Å²) < 4.78 is 1.34. The van der Waals surface area contributed by atoms with Crippen molar-refractivity contribution < 1.29 is 14.7 Å². The lowest BCUT2D eigenvalue weighted by Gasteiger charge is -2.10. The number of aliphatic imine (C=N–C) groups is 2. The molecule has 176 valence electrons. The molecule has 1 unspecified atom stereocenters. The quantitative estimate of drug-likeness (QED) is 0.351. The molecule has 1 atom stereocenters. The van der Waals surface area contributed by atoms with Gasteiger partial charge in [0.25, 0.3) is 11.8 Å². The van der Waals surface area contributed by atoms with Crippen LogP contribution in [-0.2, 0) is 7.05 Å². The zero-order valence-electron chi connectivity index (χ0n) is 19.4. The lowest BCUT2D eigenvalue weighted by atomic mass is 10.2. The van der Waals surface area contributed by atoms with Crippen LogP contribution in [-0.4, -0.2) is 62.2 Å². The number of amides is 2. The molecule has 0 spiro atoms. The lowest BCUT2D eigenvalue weighted by molar-refractivity contribution is 0.0954. The van der Waals surface area contributed by atoms with Crippen LogP contribution < -0.4 is 10.6 Å². The molecule has 2 aromatic heterocycles. The number of carbonyl (C=O) groups excluding carboxylic acids is 2. The monoisotopic (exact) mass is 454 g/mol. The largest absolute Gasteiger partial charge is 0.387 e. The van der Waals surface area contributed by atoms with E-state index < -0.39 is 17.9 Å². The van der Waals surface area contributed by atoms with Crippen molar-refractivity contribution in [1.29, 1.82) is 0 Å². The number of anilines is 1. The Hall–Kier alpha value is -3.73. The molecular weight excluding hydrogens is 424 g/mol. The molecule has 2 aromatic rings. The molecule has 3 N–H and O–H groups in total. The highest BCUT2D eigenvalue weighted by atomic mass is 16.3. The van der Waals surface area contributed by atoms with Crippen LogP contribution in [0.2, 0.25) is 0 Å². The van der Waals surface area contributed by atoms with Crippen LogP contribution in [0.25, 0.3) is 0 Å². The van der Waals surface area contributed by atoms with E-state index in [4.69, 9.17) is 0 Å². The number of nitrogens with zero attached hydrogens (tertiary/aromatic N) is 6. The van der Waals surface area contributed by atoms with Gasteiger partial charge in [0.05, 0.1) is 35.6 Å². The van der Waals surface area contributed by atoms with Crippen molar-refractivity contribution >= 4 is 35.2 Å². The van der Waals surface area contributed by atoms with Crippen molar-refractivity contribution in [3.63, 3.8) is 0 Å². The molecule has 0 saturated heterocycles. The third-order valence-corrected chi connectivity index (χ3v) is 4.60. The maximum atomic E-state index is 13.1. The SMILES string of the molecule is C=CC(C=NCCCCC)=Nc1ncc(C(C)O)nc1C(=O)Nc1cnn(C)c1C(=O)NC. The average Bonchev–Trinajstić information content (AvgIpc) is 3.17. The third-order valence-electron chi connectivity index (χ3n) is 4.60. The number of hydrogen-bond acceptors (Lipinski definition) is 8. The fraction of sp³-hybridized carbons (Fsp3) is 0.409. The number of aryl methyl sites for hydroxylation is 1. The standard InChI is InChI=1S/C22H30N8O3/c1-6-8-9-10-24-11-15(7-2)27-20-18(28-16(12-25-20)14(3)31)21(32)29-17-13-26-30(5)19(17)22(33)23-4/h7,11-14,31H,2,6,8-10H2,1,3-5H3,(H,23,33)(H,29,32). The van der Waals surface area contributed by atoms with Crippen LogP contribution >= 0.6 is 0 Å². The molecule has 0 aliphatic heterocycles. The number of carbonyl (C=O) groups is 2. The highest BCUT2D eigenvalue weighted by Crippen LogP contribution is 2.21. The molecule has 2 heterocycles. The molecule has 0 aliphatic rings. The van der Waals surface area contributed by atoms with E-state index >= 15 is 0 Å². The Bertz CT molecular complexity index is 1060. The van der Waals surface area contributed by atoms with E-state index in [1.165, 1.54) is 37.1 Å². The van der Waals surface area contributed by atoms with Gasteiger partial charge in [0.2, 0.25) is 0 Å². The van der Waals surface area contributed by atoms with Gasteiger partial charge in [-0.1, -0.05) is 26.3 Å². The van der Waals surface area contributed by atoms with Crippen LogP contribution in [0.5, 0.6) is 0 Å². The topological polar surface area (TPSA) is 147 Å². The van der Waals surface area contributed by atoms with E-state index in [0.717, 1.165) is 19.3 Å². The van der Waals surface area contributed by atoms with Gasteiger partial charge in [0.1, 0.15) is 5.69 Å². The van der Waals surface area contributed by atoms with Gasteiger partial charge in [-0.3, -0.25) is 19.3 Å². The zero-order valence-corrected chi connectivity index (χ0v) is 19.4. The van der Waals surface area contributed by atoms with E-state index in [9.17, 15) is 14.7 Å². The van der Waals surface area contributed by atoms with Crippen molar-refractivity contribution in [2.75, 3.05) is 18.9 Å². The first-order valence-electron chi connectivity index (χ1n) is 10.6. The number of rotatable bonds is 11. The molecule has 33 heavy (non-hydrogen) atoms. The fourth-order valence-electron chi connectivity index (χ4n) is 2.79. The summed E-state index contributed by atoms with van der Waals surface area (Å²) in [6.45, 7) is 8.02. The Kier molecular flexibility index (Phi) is 9.55. The number of nitrogens with one attached hydrogen (secondary N) is 2. The molecule has 0 fully saturated rings. The zero-order chi connectivity index (χ0) is 24.4. The summed E-state index contributed by atoms with van der Waals surface area (Å²) in [5.41, 5.74) is 0.847. The van der Waals surface area contributed by atoms with Gasteiger partial charge < -0.3 is 15.7 Å². The number of aromatic nitrogens is 4. The summed E-state index contributed by atoms with van der Waals surface area (Å²) in [5, 5.41) is 19.1. The van der Waals surface area contributed by atoms with Gasteiger partial charge in [-0.25, -0.2) is 15.0 Å². The molecule has 2 rings (SSSR count). The maximum absolute atomic E-state index is 13.1. The molecule has 11 nitrogen and oxygen atoms in total. The lowest BCUT2D eigenvalue weighted by Crippen LogP contribution is -2.24. The molecule has 0 radical (unpaired) electrons. The van der Waals surface area contributed by atoms with E-state index in [1.54, 1.807) is 13.3 Å². The van der Waals surface area contributed by atoms with E-state index in [1.807, 2.05) is 0 Å². The summed E-state index contributed by atoms with van der Waals surface area (Å²) in [7, 11) is 3.06. The van der Waals surface area contributed by atoms with Crippen LogP contribution in [0, 0.1) is 0 Å². The summed E-state index contributed by atoms with van der Waals surface area (Å²) in [6, 6.07) is 0. The van der Waals surface area contributed by atoms with Crippen molar-refractivity contribution in [2.24, 2.45) is 17.0 Å². The molecule has 11 heteroatoms. The van der Waals surface area contributed by atoms with E-state index in [-0.39, 0.29) is 28.6 Å². The second-order valence-corrected chi connectivity index (χ2v) is 7.19. The average molecular weight is 455 g/mol. The van der Waals surface area contributed by atoms with Crippen molar-refractivity contribution in [3.05, 3.63) is 42.1 Å². The number of unbranched alkanes of at least 4 members (excludes halogenated alkanes) is 2. The van der Waals surface area contributed by atoms with Crippen LogP contribution in [0.15, 0.2) is 35.0 Å².